The average Bonchev–Trinajstić information content (AvgIpc) is 3.91. The SMILES string of the molecule is C=CCCCCOP(=O)(O)O[C@H](C)C(CC(=O)[C@H](CO)NC(=O)[C@@H](CC(=O)[C@H](CC(C)C)NC(=O)[C@@H]1C[C@@H](OCCCCc2ccccc2)CN1C(C)=O)Cc1cnc[nH]1)C(N)=O. The number of carbonyl (C=O) groups excluding carboxylic acids is 6. The highest BCUT2D eigenvalue weighted by Crippen LogP contribution is 2.46. The summed E-state index contributed by atoms with van der Waals surface area (Å²) in [4.78, 5) is 99.0. The van der Waals surface area contributed by atoms with E-state index in [0.29, 0.717) is 31.6 Å². The number of ether oxygens (including phenoxy) is 1. The van der Waals surface area contributed by atoms with Crippen molar-refractivity contribution in [2.75, 3.05) is 26.4 Å². The van der Waals surface area contributed by atoms with Crippen LogP contribution in [0.3, 0.4) is 0 Å². The number of amides is 4. The molecule has 63 heavy (non-hydrogen) atoms. The first kappa shape index (κ1) is 52.8. The summed E-state index contributed by atoms with van der Waals surface area (Å²) in [7, 11) is -4.65. The van der Waals surface area contributed by atoms with Crippen LogP contribution in [0.25, 0.3) is 0 Å². The van der Waals surface area contributed by atoms with Crippen LogP contribution in [0.5, 0.6) is 0 Å². The fourth-order valence-electron chi connectivity index (χ4n) is 7.41. The second kappa shape index (κ2) is 26.9. The molecule has 8 atom stereocenters. The van der Waals surface area contributed by atoms with Crippen LogP contribution in [0.1, 0.15) is 96.7 Å². The number of phosphoric ester groups is 1. The average molecular weight is 903 g/mol. The first-order valence-corrected chi connectivity index (χ1v) is 23.2. The van der Waals surface area contributed by atoms with Crippen molar-refractivity contribution >= 4 is 43.0 Å². The number of phosphoric acid groups is 1. The lowest BCUT2D eigenvalue weighted by molar-refractivity contribution is -0.138. The van der Waals surface area contributed by atoms with Gasteiger partial charge in [-0.1, -0.05) is 50.3 Å². The number of nitrogens with zero attached hydrogens (tertiary/aromatic N) is 2. The van der Waals surface area contributed by atoms with Gasteiger partial charge in [-0.25, -0.2) is 9.55 Å². The molecule has 7 N–H and O–H groups in total. The van der Waals surface area contributed by atoms with E-state index in [-0.39, 0.29) is 50.3 Å². The molecule has 0 aliphatic carbocycles. The minimum atomic E-state index is -4.65. The number of Topliss-reactive ketones (excluding diaryl/α,β-unsaturated/α-hetero) is 2. The summed E-state index contributed by atoms with van der Waals surface area (Å²) in [6.45, 7) is 9.71. The number of aromatic amines is 1. The normalized spacial score (nSPS) is 18.4. The number of nitrogens with one attached hydrogen (secondary N) is 3. The first-order valence-electron chi connectivity index (χ1n) is 21.7. The summed E-state index contributed by atoms with van der Waals surface area (Å²) in [6.07, 6.45) is 6.60. The standard InChI is InChI=1S/C44H67N6O12P/c1-6-7-8-13-19-61-63(58,59)62-30(4)36(42(45)55)24-41(54)38(27-51)49-43(56)33(21-34-25-46-28-47-34)22-40(53)37(20-29(2)3)48-44(57)39-23-35(26-50(39)31(5)52)60-18-14-12-17-32-15-10-9-11-16-32/h6,9-11,15-16,25,28-30,33,35-39,51H,1,7-8,12-14,17-24,26-27H2,2-5H3,(H2,45,55)(H,46,47)(H,48,57)(H,49,56)(H,58,59)/t30-,33-,35-,36?,37+,38+,39+/m1/s1. The molecule has 2 heterocycles. The molecule has 19 heteroatoms. The molecule has 1 fully saturated rings. The Bertz CT molecular complexity index is 1830. The highest BCUT2D eigenvalue weighted by Gasteiger charge is 2.41. The van der Waals surface area contributed by atoms with E-state index in [0.717, 1.165) is 19.3 Å². The molecule has 0 saturated carbocycles. The van der Waals surface area contributed by atoms with Crippen LogP contribution in [-0.4, -0.2) is 117 Å². The summed E-state index contributed by atoms with van der Waals surface area (Å²) in [5.41, 5.74) is 7.28. The van der Waals surface area contributed by atoms with E-state index in [1.807, 2.05) is 32.0 Å². The van der Waals surface area contributed by atoms with Gasteiger partial charge in [-0.3, -0.25) is 37.8 Å². The summed E-state index contributed by atoms with van der Waals surface area (Å²) in [5, 5.41) is 15.6. The van der Waals surface area contributed by atoms with E-state index in [9.17, 15) is 43.3 Å². The highest BCUT2D eigenvalue weighted by atomic mass is 31.2. The Hall–Kier alpha value is -4.58. The van der Waals surface area contributed by atoms with Gasteiger partial charge in [0.1, 0.15) is 12.1 Å². The molecular formula is C44H67N6O12P. The summed E-state index contributed by atoms with van der Waals surface area (Å²) in [6, 6.07) is 6.65. The van der Waals surface area contributed by atoms with Gasteiger partial charge in [0.05, 0.1) is 49.6 Å². The van der Waals surface area contributed by atoms with Crippen molar-refractivity contribution in [3.63, 3.8) is 0 Å². The zero-order valence-corrected chi connectivity index (χ0v) is 37.8. The molecule has 2 unspecified atom stereocenters. The molecule has 0 spiro atoms. The van der Waals surface area contributed by atoms with E-state index in [1.165, 1.54) is 36.8 Å². The maximum Gasteiger partial charge on any atom is 0.472 e. The summed E-state index contributed by atoms with van der Waals surface area (Å²) >= 11 is 0. The predicted octanol–water partition coefficient (Wildman–Crippen LogP) is 3.50. The Morgan fingerprint density at radius 3 is 2.33 bits per heavy atom. The van der Waals surface area contributed by atoms with E-state index in [4.69, 9.17) is 19.5 Å². The number of ketones is 2. The second-order valence-corrected chi connectivity index (χ2v) is 17.9. The van der Waals surface area contributed by atoms with Gasteiger partial charge in [0, 0.05) is 57.6 Å². The van der Waals surface area contributed by atoms with Crippen LogP contribution >= 0.6 is 7.82 Å². The number of aliphatic hydroxyl groups is 1. The Morgan fingerprint density at radius 2 is 1.71 bits per heavy atom. The van der Waals surface area contributed by atoms with Gasteiger partial charge in [-0.2, -0.15) is 0 Å². The number of likely N-dealkylation sites (tertiary alicyclic amines) is 1. The molecule has 3 rings (SSSR count). The number of hydrogen-bond donors (Lipinski definition) is 6. The predicted molar refractivity (Wildman–Crippen MR) is 233 cm³/mol. The number of rotatable bonds is 31. The van der Waals surface area contributed by atoms with Crippen LogP contribution in [0, 0.1) is 17.8 Å². The fourth-order valence-corrected chi connectivity index (χ4v) is 8.40. The molecule has 18 nitrogen and oxygen atoms in total. The number of hydrogen-bond acceptors (Lipinski definition) is 12. The van der Waals surface area contributed by atoms with Crippen molar-refractivity contribution < 1.29 is 57.1 Å². The molecule has 1 saturated heterocycles. The van der Waals surface area contributed by atoms with Crippen molar-refractivity contribution in [1.29, 1.82) is 0 Å². The Labute approximate surface area is 370 Å². The summed E-state index contributed by atoms with van der Waals surface area (Å²) in [5.74, 6) is -6.58. The van der Waals surface area contributed by atoms with Crippen molar-refractivity contribution in [3.05, 3.63) is 66.8 Å². The third kappa shape index (κ3) is 18.6. The number of imidazole rings is 1. The molecule has 4 amide bonds. The van der Waals surface area contributed by atoms with Crippen LogP contribution in [0.2, 0.25) is 0 Å². The largest absolute Gasteiger partial charge is 0.472 e. The molecule has 1 aliphatic rings. The van der Waals surface area contributed by atoms with Gasteiger partial charge in [0.2, 0.25) is 23.6 Å². The number of aromatic nitrogens is 2. The zero-order chi connectivity index (χ0) is 46.5. The number of H-pyrrole nitrogens is 1. The minimum absolute atomic E-state index is 0.0362. The molecule has 0 bridgehead atoms. The van der Waals surface area contributed by atoms with Crippen molar-refractivity contribution in [1.82, 2.24) is 25.5 Å². The smallest absolute Gasteiger partial charge is 0.394 e. The molecule has 350 valence electrons. The molecule has 1 aliphatic heterocycles. The fraction of sp³-hybridized carbons (Fsp3) is 0.614. The third-order valence-electron chi connectivity index (χ3n) is 10.9. The number of unbranched alkanes of at least 4 members (excludes halogenated alkanes) is 3. The van der Waals surface area contributed by atoms with E-state index >= 15 is 0 Å². The Kier molecular flexibility index (Phi) is 22.5. The lowest BCUT2D eigenvalue weighted by atomic mass is 9.89. The topological polar surface area (TPSA) is 270 Å². The van der Waals surface area contributed by atoms with Gasteiger partial charge in [-0.05, 0) is 63.4 Å². The van der Waals surface area contributed by atoms with Gasteiger partial charge < -0.3 is 41.0 Å². The number of carbonyl (C=O) groups is 6. The first-order chi connectivity index (χ1) is 29.9. The Morgan fingerprint density at radius 1 is 1.02 bits per heavy atom. The lowest BCUT2D eigenvalue weighted by Crippen LogP contribution is -2.52. The summed E-state index contributed by atoms with van der Waals surface area (Å²) < 4.78 is 28.8. The number of benzene rings is 1. The highest BCUT2D eigenvalue weighted by molar-refractivity contribution is 7.47. The van der Waals surface area contributed by atoms with E-state index in [1.54, 1.807) is 6.08 Å². The third-order valence-corrected chi connectivity index (χ3v) is 12.0. The number of aliphatic hydroxyl groups excluding tert-OH is 1. The van der Waals surface area contributed by atoms with Crippen molar-refractivity contribution in [2.24, 2.45) is 23.5 Å². The lowest BCUT2D eigenvalue weighted by Gasteiger charge is -2.27. The minimum Gasteiger partial charge on any atom is -0.394 e. The van der Waals surface area contributed by atoms with Crippen LogP contribution in [0.15, 0.2) is 55.5 Å². The van der Waals surface area contributed by atoms with Crippen LogP contribution in [-0.2, 0) is 60.0 Å². The molecule has 2 aromatic rings. The monoisotopic (exact) mass is 902 g/mol. The number of nitrogens with two attached hydrogens (primary N) is 1. The molecule has 1 aromatic heterocycles. The van der Waals surface area contributed by atoms with E-state index in [2.05, 4.69) is 39.3 Å². The van der Waals surface area contributed by atoms with Crippen molar-refractivity contribution in [2.45, 2.75) is 129 Å². The molecular weight excluding hydrogens is 835 g/mol. The van der Waals surface area contributed by atoms with Crippen LogP contribution < -0.4 is 16.4 Å². The maximum absolute atomic E-state index is 14.1. The number of primary amides is 1. The molecule has 0 radical (unpaired) electrons. The van der Waals surface area contributed by atoms with Crippen molar-refractivity contribution in [3.8, 4) is 0 Å². The maximum atomic E-state index is 14.1. The second-order valence-electron chi connectivity index (χ2n) is 16.5. The number of aryl methyl sites for hydroxylation is 1. The van der Waals surface area contributed by atoms with Crippen LogP contribution in [0.4, 0.5) is 0 Å². The van der Waals surface area contributed by atoms with E-state index < -0.39 is 92.6 Å². The van der Waals surface area contributed by atoms with Gasteiger partial charge in [0.15, 0.2) is 11.6 Å². The Balaban J connectivity index is 1.68. The zero-order valence-electron chi connectivity index (χ0n) is 36.9. The van der Waals surface area contributed by atoms with Gasteiger partial charge in [-0.15, -0.1) is 6.58 Å². The number of allylic oxidation sites excluding steroid dienone is 1. The van der Waals surface area contributed by atoms with Gasteiger partial charge in [0.25, 0.3) is 0 Å². The van der Waals surface area contributed by atoms with Gasteiger partial charge >= 0.3 is 7.82 Å². The molecule has 1 aromatic carbocycles. The quantitative estimate of drug-likeness (QED) is 0.0360.